The van der Waals surface area contributed by atoms with E-state index in [2.05, 4.69) is 15.5 Å². The molecule has 10 heteroatoms. The Balaban J connectivity index is 1.29. The van der Waals surface area contributed by atoms with Crippen LogP contribution >= 0.6 is 0 Å². The molecule has 34 heavy (non-hydrogen) atoms. The second kappa shape index (κ2) is 8.34. The lowest BCUT2D eigenvalue weighted by Gasteiger charge is -2.40. The molecule has 0 spiro atoms. The molecule has 1 saturated heterocycles. The molecular weight excluding hydrogens is 436 g/mol. The van der Waals surface area contributed by atoms with E-state index in [-0.39, 0.29) is 24.0 Å². The maximum atomic E-state index is 12.4. The van der Waals surface area contributed by atoms with Gasteiger partial charge in [-0.05, 0) is 52.2 Å². The number of likely N-dealkylation sites (tertiary alicyclic amines) is 1. The van der Waals surface area contributed by atoms with Gasteiger partial charge in [0.05, 0.1) is 17.8 Å². The number of rotatable bonds is 6. The van der Waals surface area contributed by atoms with Gasteiger partial charge < -0.3 is 19.7 Å². The zero-order valence-electron chi connectivity index (χ0n) is 19.9. The number of amides is 2. The third kappa shape index (κ3) is 4.57. The molecule has 0 bridgehead atoms. The van der Waals surface area contributed by atoms with Crippen LogP contribution in [0.2, 0.25) is 0 Å². The number of fused-ring (bicyclic) bond motifs is 1. The zero-order chi connectivity index (χ0) is 24.0. The van der Waals surface area contributed by atoms with Crippen LogP contribution in [-0.4, -0.2) is 61.1 Å². The van der Waals surface area contributed by atoms with Gasteiger partial charge in [-0.1, -0.05) is 0 Å². The molecular formula is C24H30N6O4. The van der Waals surface area contributed by atoms with E-state index >= 15 is 0 Å². The first kappa shape index (κ1) is 22.2. The quantitative estimate of drug-likeness (QED) is 0.597. The summed E-state index contributed by atoms with van der Waals surface area (Å²) in [4.78, 5) is 26.2. The molecule has 1 atom stereocenters. The third-order valence-corrected chi connectivity index (χ3v) is 6.04. The summed E-state index contributed by atoms with van der Waals surface area (Å²) in [7, 11) is 1.86. The number of ether oxygens (including phenoxy) is 2. The Morgan fingerprint density at radius 1 is 1.21 bits per heavy atom. The minimum Gasteiger partial charge on any atom is -0.487 e. The zero-order valence-corrected chi connectivity index (χ0v) is 19.9. The van der Waals surface area contributed by atoms with E-state index in [4.69, 9.17) is 9.47 Å². The fraction of sp³-hybridized carbons (Fsp3) is 0.500. The molecule has 10 nitrogen and oxygen atoms in total. The monoisotopic (exact) mass is 466 g/mol. The van der Waals surface area contributed by atoms with Crippen molar-refractivity contribution in [3.8, 4) is 17.0 Å². The van der Waals surface area contributed by atoms with Crippen molar-refractivity contribution in [3.05, 3.63) is 30.6 Å². The Hall–Kier alpha value is -3.56. The number of hydrogen-bond donors (Lipinski definition) is 1. The molecule has 2 fully saturated rings. The molecule has 0 radical (unpaired) electrons. The van der Waals surface area contributed by atoms with Crippen LogP contribution in [-0.2, 0) is 16.6 Å². The first-order valence-electron chi connectivity index (χ1n) is 11.6. The van der Waals surface area contributed by atoms with E-state index in [9.17, 15) is 9.59 Å². The summed E-state index contributed by atoms with van der Waals surface area (Å²) >= 11 is 0. The first-order valence-corrected chi connectivity index (χ1v) is 11.6. The average Bonchev–Trinajstić information content (AvgIpc) is 3.41. The van der Waals surface area contributed by atoms with Crippen molar-refractivity contribution in [2.24, 2.45) is 13.0 Å². The minimum atomic E-state index is -0.526. The molecule has 0 aromatic carbocycles. The van der Waals surface area contributed by atoms with Gasteiger partial charge in [-0.25, -0.2) is 9.31 Å². The van der Waals surface area contributed by atoms with E-state index in [1.807, 2.05) is 52.2 Å². The molecule has 5 rings (SSSR count). The molecule has 1 aliphatic heterocycles. The molecule has 1 N–H and O–H groups in total. The predicted octanol–water partition coefficient (Wildman–Crippen LogP) is 3.47. The summed E-state index contributed by atoms with van der Waals surface area (Å²) in [6.07, 6.45) is 5.99. The fourth-order valence-electron chi connectivity index (χ4n) is 3.99. The Bertz CT molecular complexity index is 1240. The van der Waals surface area contributed by atoms with Crippen LogP contribution in [0.15, 0.2) is 30.6 Å². The number of nitrogens with zero attached hydrogens (tertiary/aromatic N) is 5. The number of hydrogen-bond acceptors (Lipinski definition) is 6. The standard InChI is InChI=1S/C24H30N6O4/c1-24(2,3)34-23(32)29-9-8-17(29)14-33-19-13-25-28(4)21(19)16-7-10-30-18(11-16)12-20(27-30)26-22(31)15-5-6-15/h7,10-13,15,17H,5-6,8-9,14H2,1-4H3,(H,26,27,31)/t17-/m1/s1. The molecule has 0 unspecified atom stereocenters. The highest BCUT2D eigenvalue weighted by Gasteiger charge is 2.36. The van der Waals surface area contributed by atoms with Crippen molar-refractivity contribution in [2.45, 2.75) is 51.7 Å². The summed E-state index contributed by atoms with van der Waals surface area (Å²) in [5.41, 5.74) is 2.07. The summed E-state index contributed by atoms with van der Waals surface area (Å²) < 4.78 is 15.1. The smallest absolute Gasteiger partial charge is 0.410 e. The van der Waals surface area contributed by atoms with Gasteiger partial charge in [-0.15, -0.1) is 0 Å². The second-order valence-electron chi connectivity index (χ2n) is 9.99. The van der Waals surface area contributed by atoms with Crippen molar-refractivity contribution in [2.75, 3.05) is 18.5 Å². The number of carbonyl (C=O) groups excluding carboxylic acids is 2. The Kier molecular flexibility index (Phi) is 5.45. The molecule has 1 aliphatic carbocycles. The maximum absolute atomic E-state index is 12.4. The van der Waals surface area contributed by atoms with Crippen molar-refractivity contribution >= 4 is 23.3 Å². The van der Waals surface area contributed by atoms with Gasteiger partial charge in [0.15, 0.2) is 11.6 Å². The summed E-state index contributed by atoms with van der Waals surface area (Å²) in [5, 5.41) is 11.7. The molecule has 3 aromatic rings. The van der Waals surface area contributed by atoms with Crippen molar-refractivity contribution in [1.29, 1.82) is 0 Å². The van der Waals surface area contributed by atoms with Gasteiger partial charge >= 0.3 is 6.09 Å². The number of aryl methyl sites for hydroxylation is 1. The van der Waals surface area contributed by atoms with Crippen molar-refractivity contribution in [3.63, 3.8) is 0 Å². The van der Waals surface area contributed by atoms with Crippen molar-refractivity contribution in [1.82, 2.24) is 24.3 Å². The van der Waals surface area contributed by atoms with Crippen LogP contribution in [0.5, 0.6) is 5.75 Å². The van der Waals surface area contributed by atoms with Crippen molar-refractivity contribution < 1.29 is 19.1 Å². The third-order valence-electron chi connectivity index (χ3n) is 6.04. The molecule has 2 aliphatic rings. The van der Waals surface area contributed by atoms with Gasteiger partial charge in [0.25, 0.3) is 0 Å². The highest BCUT2D eigenvalue weighted by Crippen LogP contribution is 2.33. The Labute approximate surface area is 197 Å². The van der Waals surface area contributed by atoms with Gasteiger partial charge in [-0.2, -0.15) is 10.2 Å². The van der Waals surface area contributed by atoms with Crippen LogP contribution in [0.4, 0.5) is 10.6 Å². The van der Waals surface area contributed by atoms with E-state index < -0.39 is 5.60 Å². The molecule has 3 aromatic heterocycles. The normalized spacial score (nSPS) is 18.0. The van der Waals surface area contributed by atoms with Gasteiger partial charge in [0.1, 0.15) is 17.9 Å². The van der Waals surface area contributed by atoms with Crippen LogP contribution in [0.25, 0.3) is 16.8 Å². The second-order valence-corrected chi connectivity index (χ2v) is 9.99. The molecule has 2 amide bonds. The van der Waals surface area contributed by atoms with Gasteiger partial charge in [0, 0.05) is 37.3 Å². The first-order chi connectivity index (χ1) is 16.2. The van der Waals surface area contributed by atoms with E-state index in [0.29, 0.717) is 24.7 Å². The largest absolute Gasteiger partial charge is 0.487 e. The summed E-state index contributed by atoms with van der Waals surface area (Å²) in [6, 6.07) is 5.75. The highest BCUT2D eigenvalue weighted by atomic mass is 16.6. The van der Waals surface area contributed by atoms with Gasteiger partial charge in [0.2, 0.25) is 5.91 Å². The van der Waals surface area contributed by atoms with E-state index in [0.717, 1.165) is 36.0 Å². The number of pyridine rings is 1. The Morgan fingerprint density at radius 2 is 2.00 bits per heavy atom. The minimum absolute atomic E-state index is 0.0298. The number of carbonyl (C=O) groups is 2. The lowest BCUT2D eigenvalue weighted by Crippen LogP contribution is -2.55. The van der Waals surface area contributed by atoms with Crippen LogP contribution in [0.1, 0.15) is 40.0 Å². The molecule has 180 valence electrons. The molecule has 4 heterocycles. The fourth-order valence-corrected chi connectivity index (χ4v) is 3.99. The lowest BCUT2D eigenvalue weighted by atomic mass is 10.1. The number of nitrogens with one attached hydrogen (secondary N) is 1. The van der Waals surface area contributed by atoms with Crippen LogP contribution in [0, 0.1) is 5.92 Å². The number of aromatic nitrogens is 4. The van der Waals surface area contributed by atoms with Crippen LogP contribution < -0.4 is 10.1 Å². The summed E-state index contributed by atoms with van der Waals surface area (Å²) in [5.74, 6) is 1.34. The SMILES string of the molecule is Cn1ncc(OC[C@H]2CCN2C(=O)OC(C)(C)C)c1-c1ccn2nc(NC(=O)C3CC3)cc2c1. The number of anilines is 1. The van der Waals surface area contributed by atoms with E-state index in [1.54, 1.807) is 20.3 Å². The average molecular weight is 467 g/mol. The van der Waals surface area contributed by atoms with Gasteiger partial charge in [-0.3, -0.25) is 9.48 Å². The Morgan fingerprint density at radius 3 is 2.68 bits per heavy atom. The lowest BCUT2D eigenvalue weighted by molar-refractivity contribution is -0.117. The molecule has 1 saturated carbocycles. The topological polar surface area (TPSA) is 103 Å². The predicted molar refractivity (Wildman–Crippen MR) is 126 cm³/mol. The summed E-state index contributed by atoms with van der Waals surface area (Å²) in [6.45, 7) is 6.61. The maximum Gasteiger partial charge on any atom is 0.410 e. The highest BCUT2D eigenvalue weighted by molar-refractivity contribution is 5.93. The van der Waals surface area contributed by atoms with E-state index in [1.165, 1.54) is 0 Å². The van der Waals surface area contributed by atoms with Crippen LogP contribution in [0.3, 0.4) is 0 Å².